The van der Waals surface area contributed by atoms with Crippen molar-refractivity contribution in [2.45, 2.75) is 25.7 Å². The quantitative estimate of drug-likeness (QED) is 0.284. The first-order valence-corrected chi connectivity index (χ1v) is 13.3. The van der Waals surface area contributed by atoms with Crippen LogP contribution in [0.5, 0.6) is 0 Å². The second-order valence-corrected chi connectivity index (χ2v) is 9.82. The fourth-order valence-corrected chi connectivity index (χ4v) is 4.99. The lowest BCUT2D eigenvalue weighted by molar-refractivity contribution is -0.136. The number of piperidine rings is 1. The number of aliphatic carboxylic acids is 1. The van der Waals surface area contributed by atoms with E-state index in [0.717, 1.165) is 49.3 Å². The summed E-state index contributed by atoms with van der Waals surface area (Å²) < 4.78 is 1.67. The minimum atomic E-state index is -0.984. The molecule has 40 heavy (non-hydrogen) atoms. The zero-order valence-corrected chi connectivity index (χ0v) is 22.3. The Morgan fingerprint density at radius 3 is 2.27 bits per heavy atom. The van der Waals surface area contributed by atoms with E-state index in [-0.39, 0.29) is 18.0 Å². The molecule has 0 atom stereocenters. The van der Waals surface area contributed by atoms with E-state index in [1.807, 2.05) is 36.4 Å². The number of rotatable bonds is 8. The average Bonchev–Trinajstić information content (AvgIpc) is 3.36. The van der Waals surface area contributed by atoms with Crippen molar-refractivity contribution < 1.29 is 19.5 Å². The Hall–Kier alpha value is -4.92. The molecule has 1 aliphatic heterocycles. The highest BCUT2D eigenvalue weighted by molar-refractivity contribution is 6.09. The molecule has 3 N–H and O–H groups in total. The van der Waals surface area contributed by atoms with Crippen LogP contribution >= 0.6 is 0 Å². The lowest BCUT2D eigenvalue weighted by Crippen LogP contribution is -2.30. The Kier molecular flexibility index (Phi) is 7.91. The summed E-state index contributed by atoms with van der Waals surface area (Å²) in [4.78, 5) is 40.1. The highest BCUT2D eigenvalue weighted by Gasteiger charge is 2.21. The van der Waals surface area contributed by atoms with Crippen molar-refractivity contribution in [2.75, 3.05) is 28.6 Å². The summed E-state index contributed by atoms with van der Waals surface area (Å²) in [6.07, 6.45) is 3.05. The van der Waals surface area contributed by atoms with E-state index in [4.69, 9.17) is 0 Å². The number of carboxylic acids is 1. The first-order chi connectivity index (χ1) is 19.4. The lowest BCUT2D eigenvalue weighted by atomic mass is 10.1. The Bertz CT molecular complexity index is 1540. The molecular formula is C31H31N5O4. The van der Waals surface area contributed by atoms with E-state index in [2.05, 4.69) is 20.6 Å². The average molecular weight is 538 g/mol. The summed E-state index contributed by atoms with van der Waals surface area (Å²) in [7, 11) is 1.80. The van der Waals surface area contributed by atoms with Crippen molar-refractivity contribution in [3.63, 3.8) is 0 Å². The normalized spacial score (nSPS) is 13.1. The van der Waals surface area contributed by atoms with E-state index < -0.39 is 11.9 Å². The van der Waals surface area contributed by atoms with Gasteiger partial charge in [0, 0.05) is 31.4 Å². The van der Waals surface area contributed by atoms with E-state index in [9.17, 15) is 19.5 Å². The van der Waals surface area contributed by atoms with Gasteiger partial charge in [0.05, 0.1) is 23.5 Å². The van der Waals surface area contributed by atoms with Crippen molar-refractivity contribution in [2.24, 2.45) is 7.05 Å². The summed E-state index contributed by atoms with van der Waals surface area (Å²) in [5.74, 6) is -1.76. The zero-order valence-electron chi connectivity index (χ0n) is 22.3. The number of nitrogens with one attached hydrogen (secondary N) is 2. The topological polar surface area (TPSA) is 117 Å². The summed E-state index contributed by atoms with van der Waals surface area (Å²) in [5, 5.41) is 19.5. The number of hydrogen-bond acceptors (Lipinski definition) is 5. The van der Waals surface area contributed by atoms with Gasteiger partial charge in [-0.3, -0.25) is 19.1 Å². The van der Waals surface area contributed by atoms with Crippen molar-refractivity contribution in [3.05, 3.63) is 95.7 Å². The zero-order chi connectivity index (χ0) is 28.1. The van der Waals surface area contributed by atoms with E-state index in [0.29, 0.717) is 22.5 Å². The molecule has 1 aromatic heterocycles. The lowest BCUT2D eigenvalue weighted by Gasteiger charge is -2.30. The second-order valence-electron chi connectivity index (χ2n) is 9.82. The molecule has 2 heterocycles. The molecule has 9 heteroatoms. The van der Waals surface area contributed by atoms with Gasteiger partial charge in [-0.15, -0.1) is 0 Å². The van der Waals surface area contributed by atoms with Crippen molar-refractivity contribution in [1.82, 2.24) is 9.78 Å². The van der Waals surface area contributed by atoms with E-state index in [1.54, 1.807) is 54.2 Å². The van der Waals surface area contributed by atoms with Crippen LogP contribution in [-0.2, 0) is 18.3 Å². The number of anilines is 3. The number of aryl methyl sites for hydroxylation is 1. The SMILES string of the molecule is Cn1nc(C(=O)Nc2cc(C(=O)Nc3ccccc3CC(=O)O)ccc2N2CCCCC2)cc1-c1ccccc1. The van der Waals surface area contributed by atoms with Gasteiger partial charge in [0.25, 0.3) is 11.8 Å². The van der Waals surface area contributed by atoms with Gasteiger partial charge >= 0.3 is 5.97 Å². The predicted molar refractivity (Wildman–Crippen MR) is 155 cm³/mol. The van der Waals surface area contributed by atoms with Crippen LogP contribution in [0.1, 0.15) is 45.7 Å². The summed E-state index contributed by atoms with van der Waals surface area (Å²) >= 11 is 0. The molecular weight excluding hydrogens is 506 g/mol. The number of carbonyl (C=O) groups excluding carboxylic acids is 2. The van der Waals surface area contributed by atoms with Crippen LogP contribution in [0, 0.1) is 0 Å². The standard InChI is InChI=1S/C31H31N5O4/c1-35-28(21-10-4-2-5-11-21)20-26(34-35)31(40)33-25-18-23(14-15-27(25)36-16-8-3-9-17-36)30(39)32-24-13-7-6-12-22(24)19-29(37)38/h2,4-7,10-15,18,20H,3,8-9,16-17,19H2,1H3,(H,32,39)(H,33,40)(H,37,38). The van der Waals surface area contributed by atoms with Crippen LogP contribution in [0.2, 0.25) is 0 Å². The third kappa shape index (κ3) is 6.04. The maximum atomic E-state index is 13.4. The number of nitrogens with zero attached hydrogens (tertiary/aromatic N) is 3. The van der Waals surface area contributed by atoms with Crippen LogP contribution in [-0.4, -0.2) is 45.8 Å². The van der Waals surface area contributed by atoms with Crippen molar-refractivity contribution >= 4 is 34.8 Å². The Morgan fingerprint density at radius 1 is 0.825 bits per heavy atom. The second kappa shape index (κ2) is 11.9. The van der Waals surface area contributed by atoms with Gasteiger partial charge in [-0.25, -0.2) is 0 Å². The molecule has 0 radical (unpaired) electrons. The molecule has 1 fully saturated rings. The molecule has 0 saturated carbocycles. The van der Waals surface area contributed by atoms with Crippen molar-refractivity contribution in [1.29, 1.82) is 0 Å². The maximum absolute atomic E-state index is 13.4. The van der Waals surface area contributed by atoms with Gasteiger partial charge in [0.1, 0.15) is 0 Å². The van der Waals surface area contributed by atoms with Crippen LogP contribution < -0.4 is 15.5 Å². The Labute approximate surface area is 232 Å². The van der Waals surface area contributed by atoms with Crippen molar-refractivity contribution in [3.8, 4) is 11.3 Å². The third-order valence-corrected chi connectivity index (χ3v) is 6.99. The summed E-state index contributed by atoms with van der Waals surface area (Å²) in [5.41, 5.74) is 4.67. The van der Waals surface area contributed by atoms with Gasteiger partial charge in [-0.05, 0) is 60.7 Å². The monoisotopic (exact) mass is 537 g/mol. The number of carboxylic acid groups (broad SMARTS) is 1. The number of para-hydroxylation sites is 1. The molecule has 1 aliphatic rings. The van der Waals surface area contributed by atoms with Gasteiger partial charge in [-0.2, -0.15) is 5.10 Å². The molecule has 0 unspecified atom stereocenters. The minimum absolute atomic E-state index is 0.208. The van der Waals surface area contributed by atoms with Crippen LogP contribution in [0.15, 0.2) is 78.9 Å². The molecule has 0 bridgehead atoms. The van der Waals surface area contributed by atoms with Crippen LogP contribution in [0.25, 0.3) is 11.3 Å². The number of benzene rings is 3. The number of carbonyl (C=O) groups is 3. The molecule has 0 spiro atoms. The van der Waals surface area contributed by atoms with Gasteiger partial charge in [0.2, 0.25) is 0 Å². The Balaban J connectivity index is 1.43. The molecule has 1 saturated heterocycles. The third-order valence-electron chi connectivity index (χ3n) is 6.99. The van der Waals surface area contributed by atoms with Gasteiger partial charge < -0.3 is 20.6 Å². The van der Waals surface area contributed by atoms with Crippen LogP contribution in [0.3, 0.4) is 0 Å². The largest absolute Gasteiger partial charge is 0.481 e. The molecule has 2 amide bonds. The number of hydrogen-bond donors (Lipinski definition) is 3. The molecule has 4 aromatic rings. The van der Waals surface area contributed by atoms with Gasteiger partial charge in [0.15, 0.2) is 5.69 Å². The maximum Gasteiger partial charge on any atom is 0.307 e. The highest BCUT2D eigenvalue weighted by atomic mass is 16.4. The predicted octanol–water partition coefficient (Wildman–Crippen LogP) is 5.21. The summed E-state index contributed by atoms with van der Waals surface area (Å²) in [6.45, 7) is 1.72. The Morgan fingerprint density at radius 2 is 1.52 bits per heavy atom. The van der Waals surface area contributed by atoms with E-state index in [1.165, 1.54) is 0 Å². The summed E-state index contributed by atoms with van der Waals surface area (Å²) in [6, 6.07) is 23.5. The number of amides is 2. The molecule has 0 aliphatic carbocycles. The molecule has 3 aromatic carbocycles. The molecule has 9 nitrogen and oxygen atoms in total. The van der Waals surface area contributed by atoms with E-state index >= 15 is 0 Å². The van der Waals surface area contributed by atoms with Crippen LogP contribution in [0.4, 0.5) is 17.1 Å². The first kappa shape index (κ1) is 26.7. The smallest absolute Gasteiger partial charge is 0.307 e. The fourth-order valence-electron chi connectivity index (χ4n) is 4.99. The molecule has 5 rings (SSSR count). The highest BCUT2D eigenvalue weighted by Crippen LogP contribution is 2.31. The molecule has 204 valence electrons. The first-order valence-electron chi connectivity index (χ1n) is 13.3. The fraction of sp³-hybridized carbons (Fsp3) is 0.226. The van der Waals surface area contributed by atoms with Gasteiger partial charge in [-0.1, -0.05) is 48.5 Å². The number of aromatic nitrogens is 2. The minimum Gasteiger partial charge on any atom is -0.481 e.